The topological polar surface area (TPSA) is 83.0 Å². The Morgan fingerprint density at radius 1 is 1.15 bits per heavy atom. The zero-order chi connectivity index (χ0) is 17.9. The lowest BCUT2D eigenvalue weighted by Crippen LogP contribution is -2.53. The number of aliphatic imine (C=N–C) groups is 1. The summed E-state index contributed by atoms with van der Waals surface area (Å²) in [6.45, 7) is 2.47. The second-order valence-corrected chi connectivity index (χ2v) is 6.34. The first kappa shape index (κ1) is 16.5. The molecule has 2 amide bonds. The Kier molecular flexibility index (Phi) is 4.53. The number of fused-ring (bicyclic) bond motifs is 1. The van der Waals surface area contributed by atoms with Crippen LogP contribution in [0.4, 0.5) is 5.69 Å². The van der Waals surface area contributed by atoms with Crippen LogP contribution in [0.3, 0.4) is 0 Å². The minimum absolute atomic E-state index is 0.0461. The van der Waals surface area contributed by atoms with Crippen LogP contribution in [0.25, 0.3) is 10.8 Å². The number of benzene rings is 2. The summed E-state index contributed by atoms with van der Waals surface area (Å²) < 4.78 is 5.32. The Hall–Kier alpha value is -2.93. The molecule has 1 atom stereocenters. The van der Waals surface area contributed by atoms with Gasteiger partial charge in [-0.15, -0.1) is 0 Å². The van der Waals surface area contributed by atoms with Gasteiger partial charge in [-0.3, -0.25) is 14.9 Å². The van der Waals surface area contributed by atoms with Crippen molar-refractivity contribution in [3.8, 4) is 0 Å². The first-order valence-electron chi connectivity index (χ1n) is 8.70. The third-order valence-corrected chi connectivity index (χ3v) is 4.57. The van der Waals surface area contributed by atoms with E-state index in [1.807, 2.05) is 47.4 Å². The average molecular weight is 352 g/mol. The molecule has 26 heavy (non-hydrogen) atoms. The summed E-state index contributed by atoms with van der Waals surface area (Å²) in [5, 5.41) is 7.70. The van der Waals surface area contributed by atoms with E-state index in [4.69, 9.17) is 4.74 Å². The first-order chi connectivity index (χ1) is 12.7. The van der Waals surface area contributed by atoms with Gasteiger partial charge in [-0.25, -0.2) is 4.99 Å². The molecule has 2 aliphatic rings. The zero-order valence-corrected chi connectivity index (χ0v) is 14.3. The van der Waals surface area contributed by atoms with Gasteiger partial charge in [-0.2, -0.15) is 0 Å². The van der Waals surface area contributed by atoms with Crippen molar-refractivity contribution >= 4 is 34.2 Å². The molecule has 2 aliphatic heterocycles. The number of hydrogen-bond acceptors (Lipinski definition) is 5. The Morgan fingerprint density at radius 3 is 2.77 bits per heavy atom. The number of hydrogen-bond donors (Lipinski definition) is 2. The van der Waals surface area contributed by atoms with Gasteiger partial charge in [0.1, 0.15) is 6.04 Å². The summed E-state index contributed by atoms with van der Waals surface area (Å²) in [6.07, 6.45) is 0.0461. The van der Waals surface area contributed by atoms with Gasteiger partial charge >= 0.3 is 0 Å². The maximum Gasteiger partial charge on any atom is 0.249 e. The molecule has 2 aromatic carbocycles. The monoisotopic (exact) mass is 352 g/mol. The highest BCUT2D eigenvalue weighted by Gasteiger charge is 2.30. The minimum atomic E-state index is -0.736. The molecule has 7 nitrogen and oxygen atoms in total. The summed E-state index contributed by atoms with van der Waals surface area (Å²) in [5.41, 5.74) is 0.724. The smallest absolute Gasteiger partial charge is 0.249 e. The molecule has 7 heteroatoms. The number of morpholine rings is 1. The number of carbonyl (C=O) groups is 2. The van der Waals surface area contributed by atoms with Gasteiger partial charge in [-0.1, -0.05) is 36.4 Å². The van der Waals surface area contributed by atoms with Crippen molar-refractivity contribution in [1.82, 2.24) is 10.2 Å². The van der Waals surface area contributed by atoms with Crippen molar-refractivity contribution in [1.29, 1.82) is 0 Å². The van der Waals surface area contributed by atoms with Gasteiger partial charge in [0.2, 0.25) is 17.8 Å². The molecule has 0 aromatic heterocycles. The molecule has 0 spiro atoms. The largest absolute Gasteiger partial charge is 0.378 e. The van der Waals surface area contributed by atoms with Crippen LogP contribution in [0.1, 0.15) is 6.42 Å². The second-order valence-electron chi connectivity index (χ2n) is 6.34. The van der Waals surface area contributed by atoms with Gasteiger partial charge < -0.3 is 15.0 Å². The number of carbonyl (C=O) groups excluding carboxylic acids is 2. The molecular formula is C19H20N4O3. The molecule has 0 aliphatic carbocycles. The van der Waals surface area contributed by atoms with E-state index < -0.39 is 6.04 Å². The molecule has 2 N–H and O–H groups in total. The third kappa shape index (κ3) is 3.39. The van der Waals surface area contributed by atoms with Crippen LogP contribution >= 0.6 is 0 Å². The van der Waals surface area contributed by atoms with Crippen LogP contribution in [-0.2, 0) is 14.3 Å². The van der Waals surface area contributed by atoms with E-state index in [2.05, 4.69) is 15.6 Å². The lowest BCUT2D eigenvalue weighted by molar-refractivity contribution is -0.125. The van der Waals surface area contributed by atoms with Crippen molar-refractivity contribution in [2.24, 2.45) is 4.99 Å². The van der Waals surface area contributed by atoms with E-state index in [9.17, 15) is 9.59 Å². The van der Waals surface area contributed by atoms with Gasteiger partial charge in [0, 0.05) is 24.2 Å². The maximum atomic E-state index is 12.7. The molecule has 0 unspecified atom stereocenters. The van der Waals surface area contributed by atoms with E-state index >= 15 is 0 Å². The quantitative estimate of drug-likeness (QED) is 0.855. The van der Waals surface area contributed by atoms with Crippen molar-refractivity contribution in [2.75, 3.05) is 31.6 Å². The van der Waals surface area contributed by atoms with Gasteiger partial charge in [0.05, 0.1) is 19.6 Å². The highest BCUT2D eigenvalue weighted by Crippen LogP contribution is 2.23. The molecule has 1 fully saturated rings. The van der Waals surface area contributed by atoms with Crippen LogP contribution < -0.4 is 10.6 Å². The summed E-state index contributed by atoms with van der Waals surface area (Å²) in [4.78, 5) is 31.2. The summed E-state index contributed by atoms with van der Waals surface area (Å²) in [7, 11) is 0. The van der Waals surface area contributed by atoms with E-state index in [1.54, 1.807) is 0 Å². The fourth-order valence-corrected chi connectivity index (χ4v) is 3.21. The van der Waals surface area contributed by atoms with Gasteiger partial charge in [0.25, 0.3) is 0 Å². The predicted molar refractivity (Wildman–Crippen MR) is 99.0 cm³/mol. The lowest BCUT2D eigenvalue weighted by atomic mass is 10.1. The average Bonchev–Trinajstić information content (AvgIpc) is 2.68. The molecule has 4 rings (SSSR count). The maximum absolute atomic E-state index is 12.7. The highest BCUT2D eigenvalue weighted by molar-refractivity contribution is 6.08. The lowest BCUT2D eigenvalue weighted by Gasteiger charge is -2.32. The number of nitrogens with zero attached hydrogens (tertiary/aromatic N) is 2. The molecule has 134 valence electrons. The van der Waals surface area contributed by atoms with Crippen molar-refractivity contribution in [3.05, 3.63) is 42.5 Å². The summed E-state index contributed by atoms with van der Waals surface area (Å²) in [5.74, 6) is -0.0101. The molecule has 2 aromatic rings. The highest BCUT2D eigenvalue weighted by atomic mass is 16.5. The third-order valence-electron chi connectivity index (χ3n) is 4.57. The van der Waals surface area contributed by atoms with Crippen LogP contribution in [0.5, 0.6) is 0 Å². The number of ether oxygens (including phenoxy) is 1. The fraction of sp³-hybridized carbons (Fsp3) is 0.316. The van der Waals surface area contributed by atoms with Crippen molar-refractivity contribution in [2.45, 2.75) is 12.5 Å². The molecule has 0 bridgehead atoms. The van der Waals surface area contributed by atoms with E-state index in [0.717, 1.165) is 16.5 Å². The molecule has 1 saturated heterocycles. The van der Waals surface area contributed by atoms with Crippen LogP contribution in [0, 0.1) is 0 Å². The number of nitrogens with one attached hydrogen (secondary N) is 2. The Bertz CT molecular complexity index is 869. The van der Waals surface area contributed by atoms with Crippen LogP contribution in [0.2, 0.25) is 0 Å². The molecule has 2 heterocycles. The number of guanidine groups is 1. The number of amides is 2. The van der Waals surface area contributed by atoms with E-state index in [-0.39, 0.29) is 18.2 Å². The standard InChI is InChI=1S/C19H20N4O3/c24-17-12-16(21-19(22-17)23-8-10-26-11-9-23)18(25)20-15-7-3-5-13-4-1-2-6-14(13)15/h1-7,16H,8-12H2,(H,20,25)(H,21,22,24)/t16-/m0/s1. The predicted octanol–water partition coefficient (Wildman–Crippen LogP) is 1.35. The van der Waals surface area contributed by atoms with E-state index in [0.29, 0.717) is 32.3 Å². The summed E-state index contributed by atoms with van der Waals surface area (Å²) >= 11 is 0. The summed E-state index contributed by atoms with van der Waals surface area (Å²) in [6, 6.07) is 12.9. The van der Waals surface area contributed by atoms with Gasteiger partial charge in [0.15, 0.2) is 0 Å². The second kappa shape index (κ2) is 7.13. The molecule has 0 saturated carbocycles. The number of rotatable bonds is 2. The minimum Gasteiger partial charge on any atom is -0.378 e. The van der Waals surface area contributed by atoms with E-state index in [1.165, 1.54) is 0 Å². The Balaban J connectivity index is 1.55. The number of anilines is 1. The fourth-order valence-electron chi connectivity index (χ4n) is 3.21. The van der Waals surface area contributed by atoms with Crippen LogP contribution in [0.15, 0.2) is 47.5 Å². The molecular weight excluding hydrogens is 332 g/mol. The molecule has 0 radical (unpaired) electrons. The van der Waals surface area contributed by atoms with Crippen molar-refractivity contribution in [3.63, 3.8) is 0 Å². The first-order valence-corrected chi connectivity index (χ1v) is 8.70. The zero-order valence-electron chi connectivity index (χ0n) is 14.3. The van der Waals surface area contributed by atoms with Crippen LogP contribution in [-0.4, -0.2) is 55.0 Å². The Morgan fingerprint density at radius 2 is 1.92 bits per heavy atom. The van der Waals surface area contributed by atoms with Gasteiger partial charge in [-0.05, 0) is 11.5 Å². The Labute approximate surface area is 151 Å². The van der Waals surface area contributed by atoms with Crippen molar-refractivity contribution < 1.29 is 14.3 Å². The normalized spacial score (nSPS) is 20.5. The SMILES string of the molecule is O=C1C[C@@H](C(=O)Nc2cccc3ccccc23)N=C(N2CCOCC2)N1.